The van der Waals surface area contributed by atoms with E-state index in [1.807, 2.05) is 0 Å². The lowest BCUT2D eigenvalue weighted by Crippen LogP contribution is -2.38. The van der Waals surface area contributed by atoms with Crippen molar-refractivity contribution < 1.29 is 18.3 Å². The van der Waals surface area contributed by atoms with Crippen LogP contribution in [0.2, 0.25) is 5.02 Å². The second kappa shape index (κ2) is 8.39. The van der Waals surface area contributed by atoms with Crippen LogP contribution in [0.15, 0.2) is 52.1 Å². The monoisotopic (exact) mass is 460 g/mol. The van der Waals surface area contributed by atoms with E-state index in [0.29, 0.717) is 21.3 Å². The third kappa shape index (κ3) is 3.80. The van der Waals surface area contributed by atoms with Crippen LogP contribution in [0.1, 0.15) is 6.92 Å². The maximum absolute atomic E-state index is 14.6. The third-order valence-electron chi connectivity index (χ3n) is 4.65. The lowest BCUT2D eigenvalue weighted by atomic mass is 10.2. The van der Waals surface area contributed by atoms with Crippen LogP contribution in [0.3, 0.4) is 0 Å². The van der Waals surface area contributed by atoms with Crippen molar-refractivity contribution in [1.82, 2.24) is 19.1 Å². The molecular weight excluding hydrogens is 446 g/mol. The molecule has 2 heterocycles. The number of H-pyrrole nitrogens is 1. The van der Waals surface area contributed by atoms with E-state index in [1.165, 1.54) is 10.6 Å². The first-order valence-corrected chi connectivity index (χ1v) is 9.80. The molecule has 11 heteroatoms. The lowest BCUT2D eigenvalue weighted by Gasteiger charge is -2.11. The summed E-state index contributed by atoms with van der Waals surface area (Å²) in [5, 5.41) is 0.417. The molecule has 0 atom stereocenters. The maximum Gasteiger partial charge on any atom is 0.330 e. The maximum atomic E-state index is 14.6. The molecule has 0 spiro atoms. The van der Waals surface area contributed by atoms with E-state index in [2.05, 4.69) is 9.97 Å². The molecule has 0 unspecified atom stereocenters. The number of nitrogens with zero attached hydrogens (tertiary/aromatic N) is 3. The first-order valence-electron chi connectivity index (χ1n) is 9.42. The number of hydrogen-bond donors (Lipinski definition) is 1. The molecule has 0 aliphatic carbocycles. The number of nitrogens with one attached hydrogen (secondary N) is 1. The van der Waals surface area contributed by atoms with Crippen molar-refractivity contribution in [2.24, 2.45) is 0 Å². The molecule has 0 aliphatic heterocycles. The molecule has 4 aromatic rings. The molecular formula is C21H15ClF2N4O4. The number of carbonyl (C=O) groups is 1. The number of ether oxygens (including phenoxy) is 1. The molecule has 1 N–H and O–H groups in total. The Labute approximate surface area is 183 Å². The highest BCUT2D eigenvalue weighted by atomic mass is 35.5. The molecule has 0 aliphatic rings. The summed E-state index contributed by atoms with van der Waals surface area (Å²) in [6, 6.07) is 9.14. The van der Waals surface area contributed by atoms with E-state index in [0.717, 1.165) is 6.07 Å². The van der Waals surface area contributed by atoms with Gasteiger partial charge in [0, 0.05) is 16.8 Å². The van der Waals surface area contributed by atoms with E-state index in [9.17, 15) is 23.2 Å². The zero-order valence-corrected chi connectivity index (χ0v) is 17.3. The van der Waals surface area contributed by atoms with Gasteiger partial charge in [-0.05, 0) is 43.3 Å². The zero-order chi connectivity index (χ0) is 23.0. The fraction of sp³-hybridized carbons (Fsp3) is 0.143. The Morgan fingerprint density at radius 2 is 1.88 bits per heavy atom. The average Bonchev–Trinajstić information content (AvgIpc) is 3.11. The molecule has 2 aromatic heterocycles. The van der Waals surface area contributed by atoms with E-state index in [1.54, 1.807) is 31.2 Å². The predicted molar refractivity (Wildman–Crippen MR) is 113 cm³/mol. The quantitative estimate of drug-likeness (QED) is 0.461. The van der Waals surface area contributed by atoms with Crippen molar-refractivity contribution in [3.05, 3.63) is 80.0 Å². The number of esters is 1. The van der Waals surface area contributed by atoms with Gasteiger partial charge in [0.25, 0.3) is 5.56 Å². The predicted octanol–water partition coefficient (Wildman–Crippen LogP) is 3.04. The van der Waals surface area contributed by atoms with Crippen LogP contribution in [-0.2, 0) is 16.1 Å². The van der Waals surface area contributed by atoms with Crippen molar-refractivity contribution >= 4 is 28.7 Å². The minimum atomic E-state index is -0.912. The number of rotatable bonds is 5. The summed E-state index contributed by atoms with van der Waals surface area (Å²) in [5.41, 5.74) is -1.70. The van der Waals surface area contributed by atoms with Crippen LogP contribution in [0, 0.1) is 11.6 Å². The van der Waals surface area contributed by atoms with Gasteiger partial charge in [0.2, 0.25) is 0 Å². The van der Waals surface area contributed by atoms with Gasteiger partial charge in [-0.2, -0.15) is 0 Å². The fourth-order valence-electron chi connectivity index (χ4n) is 3.27. The van der Waals surface area contributed by atoms with Gasteiger partial charge in [-0.15, -0.1) is 0 Å². The Kier molecular flexibility index (Phi) is 5.62. The van der Waals surface area contributed by atoms with Gasteiger partial charge < -0.3 is 4.74 Å². The van der Waals surface area contributed by atoms with Crippen LogP contribution < -0.4 is 11.2 Å². The number of hydrogen-bond acceptors (Lipinski definition) is 5. The van der Waals surface area contributed by atoms with E-state index >= 15 is 0 Å². The minimum Gasteiger partial charge on any atom is -0.465 e. The summed E-state index contributed by atoms with van der Waals surface area (Å²) < 4.78 is 34.9. The number of aromatic amines is 1. The first kappa shape index (κ1) is 21.4. The highest BCUT2D eigenvalue weighted by Gasteiger charge is 2.23. The highest BCUT2D eigenvalue weighted by molar-refractivity contribution is 6.30. The second-order valence-corrected chi connectivity index (χ2v) is 7.13. The summed E-state index contributed by atoms with van der Waals surface area (Å²) >= 11 is 5.96. The Hall–Kier alpha value is -3.79. The summed E-state index contributed by atoms with van der Waals surface area (Å²) in [6.45, 7) is 1.04. The summed E-state index contributed by atoms with van der Waals surface area (Å²) in [4.78, 5) is 44.2. The Morgan fingerprint density at radius 1 is 1.16 bits per heavy atom. The molecule has 0 saturated heterocycles. The Morgan fingerprint density at radius 3 is 2.53 bits per heavy atom. The largest absolute Gasteiger partial charge is 0.465 e. The number of fused-ring (bicyclic) bond motifs is 1. The van der Waals surface area contributed by atoms with Crippen LogP contribution in [0.4, 0.5) is 8.78 Å². The molecule has 0 saturated carbocycles. The molecule has 0 fully saturated rings. The normalized spacial score (nSPS) is 11.1. The lowest BCUT2D eigenvalue weighted by molar-refractivity contribution is -0.143. The molecule has 0 bridgehead atoms. The smallest absolute Gasteiger partial charge is 0.330 e. The summed E-state index contributed by atoms with van der Waals surface area (Å²) in [7, 11) is 0. The van der Waals surface area contributed by atoms with Gasteiger partial charge in [0.05, 0.1) is 12.2 Å². The van der Waals surface area contributed by atoms with Crippen molar-refractivity contribution in [3.8, 4) is 17.1 Å². The van der Waals surface area contributed by atoms with Crippen LogP contribution in [0.25, 0.3) is 28.2 Å². The zero-order valence-electron chi connectivity index (χ0n) is 16.6. The molecule has 164 valence electrons. The van der Waals surface area contributed by atoms with E-state index in [-0.39, 0.29) is 29.2 Å². The van der Waals surface area contributed by atoms with Gasteiger partial charge in [0.1, 0.15) is 18.2 Å². The molecule has 2 aromatic carbocycles. The molecule has 0 amide bonds. The van der Waals surface area contributed by atoms with Gasteiger partial charge >= 0.3 is 11.7 Å². The number of benzene rings is 2. The van der Waals surface area contributed by atoms with Gasteiger partial charge in [-0.1, -0.05) is 11.6 Å². The van der Waals surface area contributed by atoms with Crippen molar-refractivity contribution in [3.63, 3.8) is 0 Å². The summed E-state index contributed by atoms with van der Waals surface area (Å²) in [5.74, 6) is -2.53. The van der Waals surface area contributed by atoms with Gasteiger partial charge in [-0.3, -0.25) is 19.1 Å². The third-order valence-corrected chi connectivity index (χ3v) is 4.90. The van der Waals surface area contributed by atoms with Crippen LogP contribution in [0.5, 0.6) is 0 Å². The number of carbonyl (C=O) groups excluding carboxylic acids is 1. The molecule has 0 radical (unpaired) electrons. The van der Waals surface area contributed by atoms with Crippen LogP contribution >= 0.6 is 11.6 Å². The molecule has 4 rings (SSSR count). The topological polar surface area (TPSA) is 99.0 Å². The highest BCUT2D eigenvalue weighted by Crippen LogP contribution is 2.29. The van der Waals surface area contributed by atoms with Crippen molar-refractivity contribution in [1.29, 1.82) is 0 Å². The minimum absolute atomic E-state index is 0.0542. The van der Waals surface area contributed by atoms with Crippen molar-refractivity contribution in [2.45, 2.75) is 13.5 Å². The summed E-state index contributed by atoms with van der Waals surface area (Å²) in [6.07, 6.45) is 0. The van der Waals surface area contributed by atoms with E-state index < -0.39 is 35.4 Å². The Bertz CT molecular complexity index is 1460. The Balaban J connectivity index is 2.06. The second-order valence-electron chi connectivity index (χ2n) is 6.70. The van der Waals surface area contributed by atoms with Gasteiger partial charge in [-0.25, -0.2) is 23.1 Å². The fourth-order valence-corrected chi connectivity index (χ4v) is 3.39. The number of halogens is 3. The number of imidazole rings is 1. The van der Waals surface area contributed by atoms with Crippen LogP contribution in [-0.4, -0.2) is 31.7 Å². The standard InChI is InChI=1S/C21H15ClF2N4O4/c1-2-32-16(29)10-27-20(30)17-18(26-21(27)31)25-19(14-8-5-12(23)9-15(14)24)28(17)13-6-3-11(22)4-7-13/h3-9H,2,10H2,1H3,(H,26,31). The molecule has 8 nitrogen and oxygen atoms in total. The average molecular weight is 461 g/mol. The van der Waals surface area contributed by atoms with E-state index in [4.69, 9.17) is 16.3 Å². The molecule has 32 heavy (non-hydrogen) atoms. The first-order chi connectivity index (χ1) is 15.3. The number of aromatic nitrogens is 4. The SMILES string of the molecule is CCOC(=O)Cn1c(=O)[nH]c2nc(-c3ccc(F)cc3F)n(-c3ccc(Cl)cc3)c2c1=O. The van der Waals surface area contributed by atoms with Crippen molar-refractivity contribution in [2.75, 3.05) is 6.61 Å². The van der Waals surface area contributed by atoms with Gasteiger partial charge in [0.15, 0.2) is 17.0 Å².